The van der Waals surface area contributed by atoms with Crippen molar-refractivity contribution >= 4 is 23.6 Å². The van der Waals surface area contributed by atoms with Crippen molar-refractivity contribution in [3.05, 3.63) is 132 Å². The minimum atomic E-state index is -1.47. The molecule has 2 aliphatic heterocycles. The Hall–Kier alpha value is -5.47. The van der Waals surface area contributed by atoms with Gasteiger partial charge in [-0.3, -0.25) is 4.90 Å². The number of nitrogens with zero attached hydrogens (tertiary/aromatic N) is 2. The first-order chi connectivity index (χ1) is 31.4. The molecule has 0 saturated heterocycles. The number of hydrogen-bond donors (Lipinski definition) is 2. The predicted octanol–water partition coefficient (Wildman–Crippen LogP) is 10.0. The molecule has 8 rings (SSSR count). The molecular weight excluding hydrogens is 833 g/mol. The average molecular weight is 891 g/mol. The quantitative estimate of drug-likeness (QED) is 0.0380. The fourth-order valence-corrected chi connectivity index (χ4v) is 10.3. The van der Waals surface area contributed by atoms with Crippen LogP contribution in [0.3, 0.4) is 0 Å². The second-order valence-electron chi connectivity index (χ2n) is 16.6. The molecule has 2 aliphatic carbocycles. The van der Waals surface area contributed by atoms with Crippen molar-refractivity contribution in [3.63, 3.8) is 0 Å². The Kier molecular flexibility index (Phi) is 14.8. The van der Waals surface area contributed by atoms with Gasteiger partial charge >= 0.3 is 6.09 Å². The Labute approximate surface area is 379 Å². The Balaban J connectivity index is 1.32. The van der Waals surface area contributed by atoms with Crippen molar-refractivity contribution < 1.29 is 48.3 Å². The van der Waals surface area contributed by atoms with Gasteiger partial charge in [0, 0.05) is 42.6 Å². The van der Waals surface area contributed by atoms with Crippen LogP contribution in [0.2, 0.25) is 0 Å². The highest BCUT2D eigenvalue weighted by Crippen LogP contribution is 2.62. The third kappa shape index (κ3) is 9.63. The monoisotopic (exact) mass is 890 g/mol. The van der Waals surface area contributed by atoms with Crippen LogP contribution in [0.4, 0.5) is 4.79 Å². The molecule has 2 N–H and O–H groups in total. The summed E-state index contributed by atoms with van der Waals surface area (Å²) < 4.78 is 38.0. The summed E-state index contributed by atoms with van der Waals surface area (Å²) in [5.74, 6) is 1.11. The molecule has 6 unspecified atom stereocenters. The number of fused-ring (bicyclic) bond motifs is 3. The van der Waals surface area contributed by atoms with E-state index in [1.807, 2.05) is 91.2 Å². The lowest BCUT2D eigenvalue weighted by molar-refractivity contribution is -0.256. The van der Waals surface area contributed by atoms with E-state index in [2.05, 4.69) is 18.7 Å². The molecule has 1 fully saturated rings. The number of carbonyl (C=O) groups excluding carboxylic acids is 1. The van der Waals surface area contributed by atoms with Gasteiger partial charge in [-0.1, -0.05) is 66.5 Å². The van der Waals surface area contributed by atoms with Crippen molar-refractivity contribution in [2.45, 2.75) is 80.7 Å². The van der Waals surface area contributed by atoms with Crippen LogP contribution in [0.5, 0.6) is 28.7 Å². The molecule has 13 heteroatoms. The van der Waals surface area contributed by atoms with Crippen molar-refractivity contribution in [3.8, 4) is 28.7 Å². The molecule has 12 nitrogen and oxygen atoms in total. The van der Waals surface area contributed by atoms with E-state index in [4.69, 9.17) is 38.4 Å². The largest absolute Gasteiger partial charge is 0.459 e. The number of carbonyl (C=O) groups is 1. The van der Waals surface area contributed by atoms with Crippen molar-refractivity contribution in [2.24, 2.45) is 22.9 Å². The minimum Gasteiger partial charge on any atom is -0.459 e. The summed E-state index contributed by atoms with van der Waals surface area (Å²) in [6.07, 6.45) is 10.3. The van der Waals surface area contributed by atoms with Gasteiger partial charge in [0.15, 0.2) is 11.5 Å². The molecule has 1 saturated carbocycles. The highest BCUT2D eigenvalue weighted by Gasteiger charge is 2.65. The maximum absolute atomic E-state index is 14.4. The molecule has 4 aromatic carbocycles. The Morgan fingerprint density at radius 2 is 1.66 bits per heavy atom. The fraction of sp³-hybridized carbons (Fsp3) is 0.412. The first-order valence-corrected chi connectivity index (χ1v) is 23.4. The van der Waals surface area contributed by atoms with Gasteiger partial charge in [-0.2, -0.15) is 0 Å². The molecule has 64 heavy (non-hydrogen) atoms. The number of benzene rings is 4. The predicted molar refractivity (Wildman–Crippen MR) is 245 cm³/mol. The summed E-state index contributed by atoms with van der Waals surface area (Å²) in [4.78, 5) is 23.5. The van der Waals surface area contributed by atoms with Gasteiger partial charge in [0.2, 0.25) is 12.6 Å². The number of ether oxygens (including phenoxy) is 6. The second-order valence-corrected chi connectivity index (χ2v) is 17.5. The van der Waals surface area contributed by atoms with Gasteiger partial charge in [-0.15, -0.1) is 18.3 Å². The number of allylic oxidation sites excluding steroid dienone is 1. The number of aliphatic hydroxyl groups excluding tert-OH is 2. The number of oxime groups is 1. The van der Waals surface area contributed by atoms with E-state index in [1.165, 1.54) is 7.11 Å². The van der Waals surface area contributed by atoms with Crippen LogP contribution in [0, 0.1) is 17.8 Å². The standard InChI is InChI=1S/C51H58N2O10S/c1-4-26-60-51-47(53(50(56)57-2)31-35-16-22-45-46(27-35)59-33-58-45)30-43(52-61-32-34-12-6-5-7-13-34)41-28-36(14-8-10-24-54)40(15-9-11-25-55)48(49(41)51)42-29-38(19-23-44(42)63-51)62-37-17-20-39(64-3)21-18-37/h4-7,12-13,16-23,27-29,36,40,47-49,54-55H,1,8-11,14-15,24-26,30-33H2,2-3H3. The maximum atomic E-state index is 14.4. The second kappa shape index (κ2) is 21.0. The fourth-order valence-electron chi connectivity index (χ4n) is 9.91. The number of hydrogen-bond acceptors (Lipinski definition) is 12. The number of methoxy groups -OCH3 is 1. The summed E-state index contributed by atoms with van der Waals surface area (Å²) in [5.41, 5.74) is 4.33. The van der Waals surface area contributed by atoms with E-state index in [0.29, 0.717) is 47.3 Å². The first-order valence-electron chi connectivity index (χ1n) is 22.2. The Morgan fingerprint density at radius 1 is 0.906 bits per heavy atom. The zero-order chi connectivity index (χ0) is 44.5. The van der Waals surface area contributed by atoms with Crippen LogP contribution in [-0.4, -0.2) is 78.7 Å². The average Bonchev–Trinajstić information content (AvgIpc) is 3.80. The van der Waals surface area contributed by atoms with Crippen molar-refractivity contribution in [2.75, 3.05) is 40.0 Å². The Bertz CT molecular complexity index is 2290. The molecule has 6 atom stereocenters. The van der Waals surface area contributed by atoms with Crippen LogP contribution in [0.1, 0.15) is 67.6 Å². The van der Waals surface area contributed by atoms with Gasteiger partial charge in [0.25, 0.3) is 0 Å². The van der Waals surface area contributed by atoms with Gasteiger partial charge in [-0.05, 0) is 115 Å². The van der Waals surface area contributed by atoms with Crippen LogP contribution < -0.4 is 18.9 Å². The molecule has 2 heterocycles. The zero-order valence-corrected chi connectivity index (χ0v) is 37.4. The van der Waals surface area contributed by atoms with Gasteiger partial charge in [0.1, 0.15) is 29.9 Å². The van der Waals surface area contributed by atoms with Gasteiger partial charge in [0.05, 0.1) is 25.3 Å². The minimum absolute atomic E-state index is 0.0372. The number of unbranched alkanes of at least 4 members (excludes halogenated alkanes) is 2. The number of amides is 1. The van der Waals surface area contributed by atoms with E-state index in [0.717, 1.165) is 52.8 Å². The SMILES string of the molecule is C=CCOC12Oc3ccc(Oc4ccc(SC)cc4)cc3C3C(CCCCO)C(CCCCO)C=C(C(=NOCc4ccccc4)CC1N(Cc1ccc4c(c1)OCO4)C(=O)OC)C32. The number of thioether (sulfide) groups is 1. The molecule has 0 radical (unpaired) electrons. The highest BCUT2D eigenvalue weighted by molar-refractivity contribution is 7.98. The number of rotatable bonds is 20. The summed E-state index contributed by atoms with van der Waals surface area (Å²) in [6.45, 7) is 4.86. The Morgan fingerprint density at radius 3 is 2.41 bits per heavy atom. The van der Waals surface area contributed by atoms with E-state index < -0.39 is 23.8 Å². The van der Waals surface area contributed by atoms with Crippen LogP contribution >= 0.6 is 11.8 Å². The molecule has 1 amide bonds. The van der Waals surface area contributed by atoms with E-state index in [9.17, 15) is 15.0 Å². The van der Waals surface area contributed by atoms with E-state index in [-0.39, 0.29) is 63.9 Å². The third-order valence-corrected chi connectivity index (χ3v) is 13.5. The van der Waals surface area contributed by atoms with Crippen molar-refractivity contribution in [1.82, 2.24) is 4.90 Å². The van der Waals surface area contributed by atoms with Gasteiger partial charge < -0.3 is 43.5 Å². The van der Waals surface area contributed by atoms with E-state index >= 15 is 0 Å². The van der Waals surface area contributed by atoms with Crippen molar-refractivity contribution in [1.29, 1.82) is 0 Å². The summed E-state index contributed by atoms with van der Waals surface area (Å²) in [6, 6.07) is 28.7. The molecule has 338 valence electrons. The van der Waals surface area contributed by atoms with Crippen LogP contribution in [0.15, 0.2) is 125 Å². The summed E-state index contributed by atoms with van der Waals surface area (Å²) in [7, 11) is 1.38. The summed E-state index contributed by atoms with van der Waals surface area (Å²) in [5, 5.41) is 24.9. The maximum Gasteiger partial charge on any atom is 0.410 e. The molecule has 4 aliphatic rings. The molecule has 0 bridgehead atoms. The lowest BCUT2D eigenvalue weighted by Gasteiger charge is -2.59. The molecule has 0 aromatic heterocycles. The van der Waals surface area contributed by atoms with Crippen LogP contribution in [-0.2, 0) is 27.5 Å². The third-order valence-electron chi connectivity index (χ3n) is 12.8. The zero-order valence-electron chi connectivity index (χ0n) is 36.6. The van der Waals surface area contributed by atoms with Gasteiger partial charge in [-0.25, -0.2) is 4.79 Å². The van der Waals surface area contributed by atoms with Crippen LogP contribution in [0.25, 0.3) is 0 Å². The first kappa shape index (κ1) is 45.1. The normalized spacial score (nSPS) is 23.3. The lowest BCUT2D eigenvalue weighted by atomic mass is 9.55. The topological polar surface area (TPSA) is 138 Å². The lowest BCUT2D eigenvalue weighted by Crippen LogP contribution is -2.70. The smallest absolute Gasteiger partial charge is 0.410 e. The number of aliphatic hydroxyl groups is 2. The molecule has 0 spiro atoms. The molecule has 4 aromatic rings. The van der Waals surface area contributed by atoms with E-state index in [1.54, 1.807) is 22.7 Å². The highest BCUT2D eigenvalue weighted by atomic mass is 32.2. The molecular formula is C51H58N2O10S. The summed E-state index contributed by atoms with van der Waals surface area (Å²) >= 11 is 1.67.